The van der Waals surface area contributed by atoms with Gasteiger partial charge in [0.15, 0.2) is 0 Å². The van der Waals surface area contributed by atoms with Crippen LogP contribution in [0.15, 0.2) is 29.6 Å². The van der Waals surface area contributed by atoms with Gasteiger partial charge in [-0.25, -0.2) is 0 Å². The first-order valence-electron chi connectivity index (χ1n) is 5.53. The van der Waals surface area contributed by atoms with Crippen LogP contribution in [0.1, 0.15) is 24.4 Å². The summed E-state index contributed by atoms with van der Waals surface area (Å²) in [6.45, 7) is 0.786. The number of hydrogen-bond acceptors (Lipinski definition) is 3. The van der Waals surface area contributed by atoms with E-state index in [9.17, 15) is 0 Å². The molecule has 2 aromatic rings. The predicted octanol–water partition coefficient (Wildman–Crippen LogP) is 3.33. The van der Waals surface area contributed by atoms with Crippen molar-refractivity contribution in [3.8, 4) is 0 Å². The molecule has 0 saturated carbocycles. The van der Waals surface area contributed by atoms with Crippen LogP contribution in [0.25, 0.3) is 10.1 Å². The fourth-order valence-corrected chi connectivity index (χ4v) is 2.89. The molecule has 2 rings (SSSR count). The number of methoxy groups -OCH3 is 1. The summed E-state index contributed by atoms with van der Waals surface area (Å²) >= 11 is 1.77. The molecule has 0 radical (unpaired) electrons. The van der Waals surface area contributed by atoms with E-state index in [2.05, 4.69) is 29.6 Å². The number of fused-ring (bicyclic) bond motifs is 1. The summed E-state index contributed by atoms with van der Waals surface area (Å²) in [7, 11) is 1.73. The highest BCUT2D eigenvalue weighted by Crippen LogP contribution is 2.29. The second-order valence-electron chi connectivity index (χ2n) is 3.93. The Morgan fingerprint density at radius 2 is 2.25 bits per heavy atom. The predicted molar refractivity (Wildman–Crippen MR) is 69.9 cm³/mol. The van der Waals surface area contributed by atoms with Crippen LogP contribution >= 0.6 is 11.3 Å². The molecule has 0 fully saturated rings. The standard InChI is InChI=1S/C13H17NOS/c1-15-8-3-6-12(14)11-5-2-4-10-7-9-16-13(10)11/h2,4-5,7,9,12H,3,6,8,14H2,1H3. The van der Waals surface area contributed by atoms with E-state index in [1.54, 1.807) is 18.4 Å². The van der Waals surface area contributed by atoms with E-state index >= 15 is 0 Å². The van der Waals surface area contributed by atoms with Gasteiger partial charge in [0.05, 0.1) is 0 Å². The summed E-state index contributed by atoms with van der Waals surface area (Å²) in [6, 6.07) is 8.62. The van der Waals surface area contributed by atoms with Gasteiger partial charge in [0, 0.05) is 24.5 Å². The molecule has 1 unspecified atom stereocenters. The third-order valence-electron chi connectivity index (χ3n) is 2.77. The van der Waals surface area contributed by atoms with Gasteiger partial charge in [-0.05, 0) is 35.2 Å². The summed E-state index contributed by atoms with van der Waals surface area (Å²) in [5, 5.41) is 3.42. The van der Waals surface area contributed by atoms with Crippen molar-refractivity contribution in [3.05, 3.63) is 35.2 Å². The lowest BCUT2D eigenvalue weighted by Crippen LogP contribution is -2.11. The van der Waals surface area contributed by atoms with Crippen LogP contribution in [0.3, 0.4) is 0 Å². The summed E-state index contributed by atoms with van der Waals surface area (Å²) in [5.41, 5.74) is 7.48. The zero-order chi connectivity index (χ0) is 11.4. The molecule has 0 bridgehead atoms. The van der Waals surface area contributed by atoms with E-state index in [1.807, 2.05) is 0 Å². The smallest absolute Gasteiger partial charge is 0.0462 e. The van der Waals surface area contributed by atoms with Crippen LogP contribution in [-0.4, -0.2) is 13.7 Å². The van der Waals surface area contributed by atoms with Crippen molar-refractivity contribution in [1.29, 1.82) is 0 Å². The zero-order valence-electron chi connectivity index (χ0n) is 9.48. The van der Waals surface area contributed by atoms with Crippen molar-refractivity contribution in [3.63, 3.8) is 0 Å². The summed E-state index contributed by atoms with van der Waals surface area (Å²) in [4.78, 5) is 0. The highest BCUT2D eigenvalue weighted by atomic mass is 32.1. The summed E-state index contributed by atoms with van der Waals surface area (Å²) in [5.74, 6) is 0. The molecule has 86 valence electrons. The normalized spacial score (nSPS) is 13.1. The van der Waals surface area contributed by atoms with Crippen LogP contribution in [0, 0.1) is 0 Å². The lowest BCUT2D eigenvalue weighted by atomic mass is 10.0. The number of benzene rings is 1. The van der Waals surface area contributed by atoms with Gasteiger partial charge in [-0.3, -0.25) is 0 Å². The molecule has 2 nitrogen and oxygen atoms in total. The molecular weight excluding hydrogens is 218 g/mol. The SMILES string of the molecule is COCCCC(N)c1cccc2ccsc12. The maximum absolute atomic E-state index is 6.21. The van der Waals surface area contributed by atoms with Crippen LogP contribution in [0.5, 0.6) is 0 Å². The third-order valence-corrected chi connectivity index (χ3v) is 3.75. The summed E-state index contributed by atoms with van der Waals surface area (Å²) < 4.78 is 6.37. The minimum Gasteiger partial charge on any atom is -0.385 e. The molecule has 1 heterocycles. The third kappa shape index (κ3) is 2.43. The van der Waals surface area contributed by atoms with Gasteiger partial charge in [-0.15, -0.1) is 11.3 Å². The maximum Gasteiger partial charge on any atom is 0.0462 e. The Balaban J connectivity index is 2.15. The molecule has 1 atom stereocenters. The van der Waals surface area contributed by atoms with E-state index in [4.69, 9.17) is 10.5 Å². The van der Waals surface area contributed by atoms with Crippen molar-refractivity contribution < 1.29 is 4.74 Å². The molecule has 2 N–H and O–H groups in total. The maximum atomic E-state index is 6.21. The van der Waals surface area contributed by atoms with Gasteiger partial charge in [-0.1, -0.05) is 18.2 Å². The van der Waals surface area contributed by atoms with Crippen LogP contribution in [0.2, 0.25) is 0 Å². The van der Waals surface area contributed by atoms with Gasteiger partial charge < -0.3 is 10.5 Å². The fourth-order valence-electron chi connectivity index (χ4n) is 1.91. The van der Waals surface area contributed by atoms with Crippen molar-refractivity contribution >= 4 is 21.4 Å². The minimum absolute atomic E-state index is 0.123. The Morgan fingerprint density at radius 1 is 1.38 bits per heavy atom. The average molecular weight is 235 g/mol. The quantitative estimate of drug-likeness (QED) is 0.807. The first-order valence-corrected chi connectivity index (χ1v) is 6.41. The highest BCUT2D eigenvalue weighted by Gasteiger charge is 2.10. The van der Waals surface area contributed by atoms with Crippen molar-refractivity contribution in [1.82, 2.24) is 0 Å². The topological polar surface area (TPSA) is 35.2 Å². The Morgan fingerprint density at radius 3 is 3.06 bits per heavy atom. The summed E-state index contributed by atoms with van der Waals surface area (Å²) in [6.07, 6.45) is 1.99. The van der Waals surface area contributed by atoms with Crippen molar-refractivity contribution in [2.24, 2.45) is 5.73 Å². The number of ether oxygens (including phenoxy) is 1. The largest absolute Gasteiger partial charge is 0.385 e. The van der Waals surface area contributed by atoms with Crippen molar-refractivity contribution in [2.45, 2.75) is 18.9 Å². The first kappa shape index (κ1) is 11.6. The van der Waals surface area contributed by atoms with Gasteiger partial charge in [0.2, 0.25) is 0 Å². The second-order valence-corrected chi connectivity index (χ2v) is 4.84. The van der Waals surface area contributed by atoms with E-state index < -0.39 is 0 Å². The molecule has 0 saturated heterocycles. The Kier molecular flexibility index (Phi) is 3.93. The number of nitrogens with two attached hydrogens (primary N) is 1. The fraction of sp³-hybridized carbons (Fsp3) is 0.385. The molecule has 16 heavy (non-hydrogen) atoms. The molecule has 0 amide bonds. The van der Waals surface area contributed by atoms with Gasteiger partial charge in [0.1, 0.15) is 0 Å². The van der Waals surface area contributed by atoms with E-state index in [0.29, 0.717) is 0 Å². The molecule has 0 aliphatic carbocycles. The lowest BCUT2D eigenvalue weighted by Gasteiger charge is -2.12. The van der Waals surface area contributed by atoms with E-state index in [1.165, 1.54) is 15.6 Å². The van der Waals surface area contributed by atoms with Crippen molar-refractivity contribution in [2.75, 3.05) is 13.7 Å². The Bertz CT molecular complexity index is 452. The van der Waals surface area contributed by atoms with Crippen LogP contribution in [0.4, 0.5) is 0 Å². The molecular formula is C13H17NOS. The molecule has 0 aliphatic rings. The molecule has 1 aromatic carbocycles. The van der Waals surface area contributed by atoms with E-state index in [-0.39, 0.29) is 6.04 Å². The number of thiophene rings is 1. The monoisotopic (exact) mass is 235 g/mol. The number of rotatable bonds is 5. The highest BCUT2D eigenvalue weighted by molar-refractivity contribution is 7.17. The van der Waals surface area contributed by atoms with Crippen LogP contribution in [-0.2, 0) is 4.74 Å². The van der Waals surface area contributed by atoms with E-state index in [0.717, 1.165) is 19.4 Å². The van der Waals surface area contributed by atoms with Gasteiger partial charge in [0.25, 0.3) is 0 Å². The van der Waals surface area contributed by atoms with Gasteiger partial charge in [-0.2, -0.15) is 0 Å². The Hall–Kier alpha value is -0.900. The number of hydrogen-bond donors (Lipinski definition) is 1. The van der Waals surface area contributed by atoms with Crippen LogP contribution < -0.4 is 5.73 Å². The zero-order valence-corrected chi connectivity index (χ0v) is 10.3. The average Bonchev–Trinajstić information content (AvgIpc) is 2.76. The molecule has 3 heteroatoms. The second kappa shape index (κ2) is 5.43. The molecule has 0 aliphatic heterocycles. The minimum atomic E-state index is 0.123. The first-order chi connectivity index (χ1) is 7.83. The molecule has 0 spiro atoms. The lowest BCUT2D eigenvalue weighted by molar-refractivity contribution is 0.190. The van der Waals surface area contributed by atoms with Gasteiger partial charge >= 0.3 is 0 Å². The Labute approximate surface area is 100 Å². The molecule has 1 aromatic heterocycles.